The van der Waals surface area contributed by atoms with E-state index >= 15 is 0 Å². The van der Waals surface area contributed by atoms with Crippen LogP contribution in [0.2, 0.25) is 0 Å². The molecule has 0 saturated carbocycles. The number of hydrogen-bond acceptors (Lipinski definition) is 4. The van der Waals surface area contributed by atoms with Crippen LogP contribution in [-0.4, -0.2) is 51.4 Å². The van der Waals surface area contributed by atoms with Gasteiger partial charge in [0.1, 0.15) is 0 Å². The largest absolute Gasteiger partial charge is 0.371 e. The quantitative estimate of drug-likeness (QED) is 0.766. The van der Waals surface area contributed by atoms with Gasteiger partial charge in [0.05, 0.1) is 10.5 Å². The lowest BCUT2D eigenvalue weighted by molar-refractivity contribution is 0.0954. The van der Waals surface area contributed by atoms with Crippen LogP contribution < -0.4 is 10.2 Å². The lowest BCUT2D eigenvalue weighted by Gasteiger charge is -2.23. The van der Waals surface area contributed by atoms with Crippen molar-refractivity contribution in [2.75, 3.05) is 37.6 Å². The van der Waals surface area contributed by atoms with Gasteiger partial charge < -0.3 is 10.2 Å². The van der Waals surface area contributed by atoms with Gasteiger partial charge in [-0.2, -0.15) is 4.31 Å². The van der Waals surface area contributed by atoms with Crippen molar-refractivity contribution in [3.63, 3.8) is 0 Å². The van der Waals surface area contributed by atoms with Gasteiger partial charge in [-0.25, -0.2) is 8.42 Å². The summed E-state index contributed by atoms with van der Waals surface area (Å²) in [6, 6.07) is 4.94. The monoisotopic (exact) mass is 367 g/mol. The van der Waals surface area contributed by atoms with Gasteiger partial charge in [-0.15, -0.1) is 0 Å². The molecule has 0 radical (unpaired) electrons. The first-order valence-electron chi connectivity index (χ1n) is 9.13. The van der Waals surface area contributed by atoms with Crippen LogP contribution >= 0.6 is 0 Å². The first kappa shape index (κ1) is 19.7. The number of rotatable bonds is 8. The van der Waals surface area contributed by atoms with Crippen LogP contribution in [0.1, 0.15) is 50.4 Å². The zero-order valence-corrected chi connectivity index (χ0v) is 16.2. The number of nitrogens with one attached hydrogen (secondary N) is 1. The predicted molar refractivity (Wildman–Crippen MR) is 101 cm³/mol. The number of hydrogen-bond donors (Lipinski definition) is 1. The maximum absolute atomic E-state index is 12.8. The minimum atomic E-state index is -3.58. The standard InChI is InChI=1S/C18H29N3O3S/c1-4-11-19-18(22)16-14-15(25(23,24)21(5-2)6-3)9-10-17(16)20-12-7-8-13-20/h9-10,14H,4-8,11-13H2,1-3H3,(H,19,22). The summed E-state index contributed by atoms with van der Waals surface area (Å²) < 4.78 is 27.0. The van der Waals surface area contributed by atoms with Crippen molar-refractivity contribution in [3.8, 4) is 0 Å². The van der Waals surface area contributed by atoms with Gasteiger partial charge in [-0.1, -0.05) is 20.8 Å². The van der Waals surface area contributed by atoms with Crippen molar-refractivity contribution in [2.24, 2.45) is 0 Å². The second kappa shape index (κ2) is 8.67. The summed E-state index contributed by atoms with van der Waals surface area (Å²) in [6.07, 6.45) is 3.02. The molecule has 1 aliphatic heterocycles. The Hall–Kier alpha value is -1.60. The van der Waals surface area contributed by atoms with Crippen molar-refractivity contribution in [3.05, 3.63) is 23.8 Å². The smallest absolute Gasteiger partial charge is 0.253 e. The minimum absolute atomic E-state index is 0.181. The van der Waals surface area contributed by atoms with Gasteiger partial charge in [-0.05, 0) is 37.5 Å². The zero-order chi connectivity index (χ0) is 18.4. The number of anilines is 1. The maximum Gasteiger partial charge on any atom is 0.253 e. The molecule has 6 nitrogen and oxygen atoms in total. The van der Waals surface area contributed by atoms with Crippen molar-refractivity contribution >= 4 is 21.6 Å². The molecule has 0 bridgehead atoms. The second-order valence-electron chi connectivity index (χ2n) is 6.22. The van der Waals surface area contributed by atoms with Gasteiger partial charge >= 0.3 is 0 Å². The van der Waals surface area contributed by atoms with E-state index in [4.69, 9.17) is 0 Å². The van der Waals surface area contributed by atoms with Crippen LogP contribution in [0, 0.1) is 0 Å². The van der Waals surface area contributed by atoms with Crippen LogP contribution in [0.15, 0.2) is 23.1 Å². The molecular weight excluding hydrogens is 338 g/mol. The highest BCUT2D eigenvalue weighted by Crippen LogP contribution is 2.28. The van der Waals surface area contributed by atoms with Crippen LogP contribution in [0.3, 0.4) is 0 Å². The Morgan fingerprint density at radius 2 is 1.80 bits per heavy atom. The fourth-order valence-electron chi connectivity index (χ4n) is 3.14. The van der Waals surface area contributed by atoms with Gasteiger partial charge in [-0.3, -0.25) is 4.79 Å². The fraction of sp³-hybridized carbons (Fsp3) is 0.611. The molecule has 1 aromatic rings. The Bertz CT molecular complexity index is 694. The molecule has 0 spiro atoms. The molecule has 1 aromatic carbocycles. The first-order chi connectivity index (χ1) is 12.0. The van der Waals surface area contributed by atoms with E-state index in [1.807, 2.05) is 20.8 Å². The number of carbonyl (C=O) groups excluding carboxylic acids is 1. The molecule has 140 valence electrons. The number of benzene rings is 1. The van der Waals surface area contributed by atoms with Crippen molar-refractivity contribution in [1.29, 1.82) is 0 Å². The van der Waals surface area contributed by atoms with E-state index in [0.717, 1.165) is 38.0 Å². The summed E-state index contributed by atoms with van der Waals surface area (Å²) in [7, 11) is -3.58. The fourth-order valence-corrected chi connectivity index (χ4v) is 4.62. The molecule has 1 heterocycles. The highest BCUT2D eigenvalue weighted by molar-refractivity contribution is 7.89. The van der Waals surface area contributed by atoms with Gasteiger partial charge in [0.2, 0.25) is 10.0 Å². The Morgan fingerprint density at radius 1 is 1.16 bits per heavy atom. The van der Waals surface area contributed by atoms with Gasteiger partial charge in [0.15, 0.2) is 0 Å². The third-order valence-corrected chi connectivity index (χ3v) is 6.58. The number of nitrogens with zero attached hydrogens (tertiary/aromatic N) is 2. The molecule has 7 heteroatoms. The van der Waals surface area contributed by atoms with Crippen LogP contribution in [0.5, 0.6) is 0 Å². The molecule has 1 amide bonds. The molecule has 1 saturated heterocycles. The van der Waals surface area contributed by atoms with E-state index in [1.165, 1.54) is 10.4 Å². The van der Waals surface area contributed by atoms with Gasteiger partial charge in [0.25, 0.3) is 5.91 Å². The molecule has 0 aromatic heterocycles. The van der Waals surface area contributed by atoms with E-state index in [2.05, 4.69) is 10.2 Å². The summed E-state index contributed by atoms with van der Waals surface area (Å²) in [4.78, 5) is 15.0. The van der Waals surface area contributed by atoms with E-state index in [1.54, 1.807) is 12.1 Å². The molecule has 25 heavy (non-hydrogen) atoms. The Kier molecular flexibility index (Phi) is 6.84. The van der Waals surface area contributed by atoms with E-state index in [9.17, 15) is 13.2 Å². The van der Waals surface area contributed by atoms with Gasteiger partial charge in [0, 0.05) is 38.4 Å². The molecule has 0 atom stereocenters. The lowest BCUT2D eigenvalue weighted by Crippen LogP contribution is -2.32. The SMILES string of the molecule is CCCNC(=O)c1cc(S(=O)(=O)N(CC)CC)ccc1N1CCCC1. The average molecular weight is 368 g/mol. The van der Waals surface area contributed by atoms with Crippen LogP contribution in [-0.2, 0) is 10.0 Å². The number of amides is 1. The number of sulfonamides is 1. The third-order valence-electron chi connectivity index (χ3n) is 4.54. The maximum atomic E-state index is 12.8. The average Bonchev–Trinajstić information content (AvgIpc) is 3.14. The predicted octanol–water partition coefficient (Wildman–Crippen LogP) is 2.46. The first-order valence-corrected chi connectivity index (χ1v) is 10.6. The second-order valence-corrected chi connectivity index (χ2v) is 8.16. The molecule has 2 rings (SSSR count). The highest BCUT2D eigenvalue weighted by atomic mass is 32.2. The van der Waals surface area contributed by atoms with E-state index in [-0.39, 0.29) is 10.8 Å². The highest BCUT2D eigenvalue weighted by Gasteiger charge is 2.26. The topological polar surface area (TPSA) is 69.7 Å². The molecule has 0 unspecified atom stereocenters. The normalized spacial score (nSPS) is 15.0. The summed E-state index contributed by atoms with van der Waals surface area (Å²) in [5.41, 5.74) is 1.27. The molecule has 1 aliphatic rings. The molecular formula is C18H29N3O3S. The molecule has 0 aliphatic carbocycles. The van der Waals surface area contributed by atoms with Crippen molar-refractivity contribution in [1.82, 2.24) is 9.62 Å². The summed E-state index contributed by atoms with van der Waals surface area (Å²) >= 11 is 0. The lowest BCUT2D eigenvalue weighted by atomic mass is 10.1. The Morgan fingerprint density at radius 3 is 2.36 bits per heavy atom. The Balaban J connectivity index is 2.46. The van der Waals surface area contributed by atoms with Crippen LogP contribution in [0.25, 0.3) is 0 Å². The summed E-state index contributed by atoms with van der Waals surface area (Å²) in [5, 5.41) is 2.87. The van der Waals surface area contributed by atoms with Crippen molar-refractivity contribution in [2.45, 2.75) is 44.9 Å². The van der Waals surface area contributed by atoms with E-state index < -0.39 is 10.0 Å². The summed E-state index contributed by atoms with van der Waals surface area (Å²) in [6.45, 7) is 8.80. The number of carbonyl (C=O) groups is 1. The third kappa shape index (κ3) is 4.33. The zero-order valence-electron chi connectivity index (χ0n) is 15.4. The van der Waals surface area contributed by atoms with Crippen molar-refractivity contribution < 1.29 is 13.2 Å². The van der Waals surface area contributed by atoms with E-state index in [0.29, 0.717) is 25.2 Å². The summed E-state index contributed by atoms with van der Waals surface area (Å²) in [5.74, 6) is -0.208. The minimum Gasteiger partial charge on any atom is -0.371 e. The molecule has 1 fully saturated rings. The molecule has 1 N–H and O–H groups in total. The Labute approximate surface area is 151 Å². The van der Waals surface area contributed by atoms with Crippen LogP contribution in [0.4, 0.5) is 5.69 Å².